The van der Waals surface area contributed by atoms with E-state index in [0.29, 0.717) is 17.5 Å². The van der Waals surface area contributed by atoms with Gasteiger partial charge in [-0.3, -0.25) is 4.57 Å². The minimum atomic E-state index is 0.0474. The van der Waals surface area contributed by atoms with Gasteiger partial charge in [0.2, 0.25) is 0 Å². The quantitative estimate of drug-likeness (QED) is 0.178. The number of nitrogens with zero attached hydrogens (tertiary/aromatic N) is 5. The van der Waals surface area contributed by atoms with E-state index in [4.69, 9.17) is 19.9 Å². The highest BCUT2D eigenvalue weighted by atomic mass is 32.1. The number of rotatable bonds is 5. The van der Waals surface area contributed by atoms with Crippen LogP contribution in [0.4, 0.5) is 0 Å². The van der Waals surface area contributed by atoms with Gasteiger partial charge in [0.05, 0.1) is 11.0 Å². The minimum Gasteiger partial charge on any atom is -0.294 e. The van der Waals surface area contributed by atoms with E-state index in [1.807, 2.05) is 53.9 Å². The largest absolute Gasteiger partial charge is 0.294 e. The third-order valence-corrected chi connectivity index (χ3v) is 11.4. The molecule has 0 atom stereocenters. The molecule has 0 aliphatic rings. The summed E-state index contributed by atoms with van der Waals surface area (Å²) in [5.41, 5.74) is 8.59. The van der Waals surface area contributed by atoms with Crippen molar-refractivity contribution in [3.05, 3.63) is 163 Å². The van der Waals surface area contributed by atoms with Crippen LogP contribution in [-0.2, 0) is 5.41 Å². The predicted octanol–water partition coefficient (Wildman–Crippen LogP) is 12.7. The fourth-order valence-electron chi connectivity index (χ4n) is 7.45. The molecule has 5 nitrogen and oxygen atoms in total. The van der Waals surface area contributed by atoms with Crippen LogP contribution in [0.25, 0.3) is 93.1 Å². The Labute approximate surface area is 317 Å². The van der Waals surface area contributed by atoms with Crippen LogP contribution in [0, 0.1) is 0 Å². The van der Waals surface area contributed by atoms with Gasteiger partial charge in [-0.15, -0.1) is 11.3 Å². The van der Waals surface area contributed by atoms with Gasteiger partial charge in [0, 0.05) is 53.8 Å². The second kappa shape index (κ2) is 12.6. The summed E-state index contributed by atoms with van der Waals surface area (Å²) in [7, 11) is 0. The number of fused-ring (bicyclic) bond motifs is 6. The van der Waals surface area contributed by atoms with Gasteiger partial charge in [-0.1, -0.05) is 136 Å². The molecule has 54 heavy (non-hydrogen) atoms. The Balaban J connectivity index is 1.12. The molecule has 10 aromatic rings. The lowest BCUT2D eigenvalue weighted by molar-refractivity contribution is 0.590. The molecule has 0 saturated carbocycles. The molecule has 0 N–H and O–H groups in total. The molecule has 0 fully saturated rings. The fourth-order valence-corrected chi connectivity index (χ4v) is 8.60. The van der Waals surface area contributed by atoms with Crippen molar-refractivity contribution in [3.63, 3.8) is 0 Å². The highest BCUT2D eigenvalue weighted by Crippen LogP contribution is 2.39. The van der Waals surface area contributed by atoms with Crippen molar-refractivity contribution in [1.29, 1.82) is 0 Å². The molecule has 0 saturated heterocycles. The lowest BCUT2D eigenvalue weighted by Crippen LogP contribution is -2.10. The van der Waals surface area contributed by atoms with Crippen LogP contribution in [0.5, 0.6) is 0 Å². The summed E-state index contributed by atoms with van der Waals surface area (Å²) in [6.07, 6.45) is 1.86. The van der Waals surface area contributed by atoms with Crippen LogP contribution in [0.3, 0.4) is 0 Å². The van der Waals surface area contributed by atoms with E-state index in [2.05, 4.69) is 141 Å². The fraction of sp³-hybridized carbons (Fsp3) is 0.0833. The van der Waals surface area contributed by atoms with Crippen molar-refractivity contribution < 1.29 is 0 Å². The Kier molecular flexibility index (Phi) is 7.49. The molecule has 6 heteroatoms. The van der Waals surface area contributed by atoms with Crippen LogP contribution in [0.2, 0.25) is 0 Å². The normalized spacial score (nSPS) is 12.0. The van der Waals surface area contributed by atoms with Crippen molar-refractivity contribution in [2.75, 3.05) is 0 Å². The lowest BCUT2D eigenvalue weighted by atomic mass is 9.87. The molecule has 0 bridgehead atoms. The van der Waals surface area contributed by atoms with Gasteiger partial charge >= 0.3 is 0 Å². The van der Waals surface area contributed by atoms with Gasteiger partial charge in [-0.2, -0.15) is 0 Å². The summed E-state index contributed by atoms with van der Waals surface area (Å²) < 4.78 is 4.87. The van der Waals surface area contributed by atoms with E-state index in [1.165, 1.54) is 42.1 Å². The molecule has 4 heterocycles. The maximum Gasteiger partial charge on any atom is 0.164 e. The zero-order valence-corrected chi connectivity index (χ0v) is 31.0. The third-order valence-electron chi connectivity index (χ3n) is 10.3. The van der Waals surface area contributed by atoms with Crippen LogP contribution in [0.15, 0.2) is 158 Å². The second-order valence-corrected chi connectivity index (χ2v) is 15.9. The maximum atomic E-state index is 5.07. The molecular formula is C48H35N5S. The van der Waals surface area contributed by atoms with Crippen molar-refractivity contribution in [3.8, 4) is 51.1 Å². The number of para-hydroxylation sites is 1. The zero-order chi connectivity index (χ0) is 36.4. The van der Waals surface area contributed by atoms with E-state index in [1.54, 1.807) is 0 Å². The molecule has 0 aliphatic heterocycles. The third kappa shape index (κ3) is 5.54. The van der Waals surface area contributed by atoms with E-state index in [-0.39, 0.29) is 5.41 Å². The van der Waals surface area contributed by atoms with Gasteiger partial charge in [0.15, 0.2) is 17.5 Å². The highest BCUT2D eigenvalue weighted by Gasteiger charge is 2.18. The maximum absolute atomic E-state index is 5.07. The Morgan fingerprint density at radius 2 is 1.02 bits per heavy atom. The van der Waals surface area contributed by atoms with Crippen molar-refractivity contribution in [1.82, 2.24) is 24.5 Å². The Morgan fingerprint density at radius 3 is 1.78 bits per heavy atom. The smallest absolute Gasteiger partial charge is 0.164 e. The van der Waals surface area contributed by atoms with Crippen LogP contribution in [-0.4, -0.2) is 24.5 Å². The van der Waals surface area contributed by atoms with Crippen molar-refractivity contribution in [2.45, 2.75) is 26.2 Å². The van der Waals surface area contributed by atoms with E-state index >= 15 is 0 Å². The lowest BCUT2D eigenvalue weighted by Gasteiger charge is -2.19. The molecule has 0 unspecified atom stereocenters. The van der Waals surface area contributed by atoms with Gasteiger partial charge in [0.25, 0.3) is 0 Å². The monoisotopic (exact) mass is 713 g/mol. The summed E-state index contributed by atoms with van der Waals surface area (Å²) in [6, 6.07) is 53.6. The average Bonchev–Trinajstić information content (AvgIpc) is 3.76. The summed E-state index contributed by atoms with van der Waals surface area (Å²) in [5.74, 6) is 2.66. The number of thiophene rings is 1. The molecule has 258 valence electrons. The number of benzene rings is 6. The molecule has 6 aromatic carbocycles. The standard InChI is InChI=1S/C48H35N5S/c1-48(2,3)35-21-17-31(18-22-35)46-50-45(30-11-5-4-6-12-30)51-47(52-46)34-25-26-49-44(29-34)53-40-15-9-7-13-36(40)37-23-19-32(27-41(37)53)33-20-24-39-38-14-8-10-16-42(38)54-43(39)28-33/h4-29H,1-3H3. The summed E-state index contributed by atoms with van der Waals surface area (Å²) in [5, 5.41) is 4.97. The van der Waals surface area contributed by atoms with E-state index in [0.717, 1.165) is 39.1 Å². The Hall–Kier alpha value is -6.50. The highest BCUT2D eigenvalue weighted by molar-refractivity contribution is 7.25. The molecule has 0 spiro atoms. The predicted molar refractivity (Wildman–Crippen MR) is 225 cm³/mol. The molecular weight excluding hydrogens is 679 g/mol. The molecule has 0 aliphatic carbocycles. The summed E-state index contributed by atoms with van der Waals surface area (Å²) in [6.45, 7) is 6.67. The Morgan fingerprint density at radius 1 is 0.444 bits per heavy atom. The van der Waals surface area contributed by atoms with Gasteiger partial charge in [0.1, 0.15) is 5.82 Å². The second-order valence-electron chi connectivity index (χ2n) is 14.8. The van der Waals surface area contributed by atoms with Crippen LogP contribution < -0.4 is 0 Å². The zero-order valence-electron chi connectivity index (χ0n) is 30.2. The first kappa shape index (κ1) is 32.2. The van der Waals surface area contributed by atoms with Crippen molar-refractivity contribution >= 4 is 53.3 Å². The summed E-state index contributed by atoms with van der Waals surface area (Å²) >= 11 is 1.85. The van der Waals surface area contributed by atoms with Gasteiger partial charge in [-0.25, -0.2) is 19.9 Å². The molecule has 10 rings (SSSR count). The van der Waals surface area contributed by atoms with Gasteiger partial charge in [-0.05, 0) is 58.5 Å². The molecule has 4 aromatic heterocycles. The number of pyridine rings is 1. The van der Waals surface area contributed by atoms with Crippen molar-refractivity contribution in [2.24, 2.45) is 0 Å². The molecule has 0 radical (unpaired) electrons. The van der Waals surface area contributed by atoms with E-state index < -0.39 is 0 Å². The number of hydrogen-bond acceptors (Lipinski definition) is 5. The average molecular weight is 714 g/mol. The topological polar surface area (TPSA) is 56.5 Å². The first-order valence-electron chi connectivity index (χ1n) is 18.2. The first-order valence-corrected chi connectivity index (χ1v) is 19.0. The SMILES string of the molecule is CC(C)(C)c1ccc(-c2nc(-c3ccccc3)nc(-c3ccnc(-n4c5ccccc5c5ccc(-c6ccc7c(c6)sc6ccccc67)cc54)c3)n2)cc1. The molecule has 0 amide bonds. The number of aromatic nitrogens is 5. The first-order chi connectivity index (χ1) is 26.4. The Bertz CT molecular complexity index is 3020. The van der Waals surface area contributed by atoms with Gasteiger partial charge < -0.3 is 0 Å². The van der Waals surface area contributed by atoms with Crippen LogP contribution >= 0.6 is 11.3 Å². The summed E-state index contributed by atoms with van der Waals surface area (Å²) in [4.78, 5) is 20.0. The minimum absolute atomic E-state index is 0.0474. The number of hydrogen-bond donors (Lipinski definition) is 0. The van der Waals surface area contributed by atoms with E-state index in [9.17, 15) is 0 Å². The van der Waals surface area contributed by atoms with Crippen LogP contribution in [0.1, 0.15) is 26.3 Å².